The minimum absolute atomic E-state index is 0.0264. The molecule has 0 radical (unpaired) electrons. The third-order valence-electron chi connectivity index (χ3n) is 3.98. The maximum absolute atomic E-state index is 14.2. The van der Waals surface area contributed by atoms with Crippen LogP contribution in [0.15, 0.2) is 54.7 Å². The number of hydrogen-bond donors (Lipinski definition) is 4. The molecule has 1 aromatic heterocycles. The van der Waals surface area contributed by atoms with Crippen LogP contribution in [-0.4, -0.2) is 22.1 Å². The Morgan fingerprint density at radius 2 is 1.86 bits per heavy atom. The van der Waals surface area contributed by atoms with E-state index in [2.05, 4.69) is 20.4 Å². The summed E-state index contributed by atoms with van der Waals surface area (Å²) in [5, 5.41) is 17.3. The van der Waals surface area contributed by atoms with Crippen molar-refractivity contribution in [3.8, 4) is 11.5 Å². The molecule has 1 aliphatic rings. The Kier molecular flexibility index (Phi) is 4.38. The van der Waals surface area contributed by atoms with Gasteiger partial charge in [0.05, 0.1) is 17.6 Å². The van der Waals surface area contributed by atoms with Gasteiger partial charge in [-0.15, -0.1) is 0 Å². The lowest BCUT2D eigenvalue weighted by molar-refractivity contribution is -0.189. The van der Waals surface area contributed by atoms with E-state index in [0.717, 1.165) is 6.20 Å². The summed E-state index contributed by atoms with van der Waals surface area (Å²) in [6, 6.07) is 11.7. The second kappa shape index (κ2) is 6.89. The zero-order valence-electron chi connectivity index (χ0n) is 14.5. The van der Waals surface area contributed by atoms with E-state index in [9.17, 15) is 23.1 Å². The molecule has 0 fully saturated rings. The number of benzene rings is 2. The lowest BCUT2D eigenvalue weighted by Gasteiger charge is -2.25. The molecule has 3 aromatic rings. The quantitative estimate of drug-likeness (QED) is 0.519. The van der Waals surface area contributed by atoms with E-state index < -0.39 is 17.8 Å². The highest BCUT2D eigenvalue weighted by molar-refractivity contribution is 5.99. The Morgan fingerprint density at radius 3 is 2.66 bits per heavy atom. The first-order valence-corrected chi connectivity index (χ1v) is 8.31. The van der Waals surface area contributed by atoms with Crippen LogP contribution in [0.1, 0.15) is 0 Å². The second-order valence-electron chi connectivity index (χ2n) is 6.13. The predicted octanol–water partition coefficient (Wildman–Crippen LogP) is 4.34. The zero-order chi connectivity index (χ0) is 20.6. The van der Waals surface area contributed by atoms with Crippen LogP contribution >= 0.6 is 0 Å². The van der Waals surface area contributed by atoms with Crippen molar-refractivity contribution in [2.24, 2.45) is 0 Å². The predicted molar refractivity (Wildman–Crippen MR) is 99.5 cm³/mol. The number of ether oxygens (including phenoxy) is 1. The molecule has 0 spiro atoms. The molecule has 0 saturated heterocycles. The third-order valence-corrected chi connectivity index (χ3v) is 3.98. The maximum atomic E-state index is 14.2. The van der Waals surface area contributed by atoms with Gasteiger partial charge in [-0.05, 0) is 30.3 Å². The van der Waals surface area contributed by atoms with Gasteiger partial charge >= 0.3 is 12.0 Å². The number of carbonyl (C=O) groups excluding carboxylic acids is 1. The molecule has 4 N–H and O–H groups in total. The summed E-state index contributed by atoms with van der Waals surface area (Å²) in [7, 11) is 0. The normalized spacial score (nSPS) is 14.4. The molecule has 1 aliphatic heterocycles. The van der Waals surface area contributed by atoms with E-state index in [1.54, 1.807) is 12.1 Å². The van der Waals surface area contributed by atoms with Gasteiger partial charge in [0.2, 0.25) is 0 Å². The number of halogens is 3. The van der Waals surface area contributed by atoms with E-state index >= 15 is 0 Å². The van der Waals surface area contributed by atoms with Crippen molar-refractivity contribution in [3.63, 3.8) is 0 Å². The Morgan fingerprint density at radius 1 is 1.07 bits per heavy atom. The molecular formula is C19H13F3N4O3. The summed E-state index contributed by atoms with van der Waals surface area (Å²) in [6.07, 6.45) is -2.96. The summed E-state index contributed by atoms with van der Waals surface area (Å²) in [5.41, 5.74) is 0.949. The molecule has 0 saturated carbocycles. The van der Waals surface area contributed by atoms with Gasteiger partial charge in [-0.25, -0.2) is 9.37 Å². The van der Waals surface area contributed by atoms with Crippen molar-refractivity contribution in [3.05, 3.63) is 60.5 Å². The van der Waals surface area contributed by atoms with E-state index in [4.69, 9.17) is 0 Å². The summed E-state index contributed by atoms with van der Waals surface area (Å²) in [4.78, 5) is 15.3. The molecule has 148 valence electrons. The van der Waals surface area contributed by atoms with Gasteiger partial charge in [0.1, 0.15) is 11.6 Å². The summed E-state index contributed by atoms with van der Waals surface area (Å²) in [6.45, 7) is 0. The average Bonchev–Trinajstić information content (AvgIpc) is 2.65. The highest BCUT2D eigenvalue weighted by atomic mass is 19.3. The first-order chi connectivity index (χ1) is 13.8. The number of phenolic OH excluding ortho intramolecular Hbond substituents is 1. The van der Waals surface area contributed by atoms with Gasteiger partial charge in [0.25, 0.3) is 0 Å². The molecule has 0 aliphatic carbocycles. The first-order valence-electron chi connectivity index (χ1n) is 8.31. The minimum Gasteiger partial charge on any atom is -0.508 e. The van der Waals surface area contributed by atoms with Gasteiger partial charge in [0.15, 0.2) is 11.6 Å². The SMILES string of the molecule is O=C1Nc2cc(Nc3cc(Nc4cccc(O)c4)ncc3F)ccc2OC1(F)F. The molecule has 10 heteroatoms. The van der Waals surface area contributed by atoms with Crippen LogP contribution < -0.4 is 20.7 Å². The van der Waals surface area contributed by atoms with Gasteiger partial charge < -0.3 is 25.8 Å². The number of alkyl halides is 2. The number of fused-ring (bicyclic) bond motifs is 1. The summed E-state index contributed by atoms with van der Waals surface area (Å²) >= 11 is 0. The van der Waals surface area contributed by atoms with Crippen molar-refractivity contribution in [1.29, 1.82) is 0 Å². The Labute approximate surface area is 162 Å². The van der Waals surface area contributed by atoms with Crippen LogP contribution in [-0.2, 0) is 4.79 Å². The number of nitrogens with one attached hydrogen (secondary N) is 3. The number of nitrogens with zero attached hydrogens (tertiary/aromatic N) is 1. The lowest BCUT2D eigenvalue weighted by Crippen LogP contribution is -2.43. The van der Waals surface area contributed by atoms with E-state index in [-0.39, 0.29) is 22.9 Å². The number of rotatable bonds is 4. The topological polar surface area (TPSA) is 95.5 Å². The molecule has 2 heterocycles. The van der Waals surface area contributed by atoms with Crippen molar-refractivity contribution in [1.82, 2.24) is 4.98 Å². The van der Waals surface area contributed by atoms with Crippen molar-refractivity contribution in [2.75, 3.05) is 16.0 Å². The first kappa shape index (κ1) is 18.4. The molecule has 1 amide bonds. The fourth-order valence-electron chi connectivity index (χ4n) is 2.66. The number of amides is 1. The number of carbonyl (C=O) groups is 1. The minimum atomic E-state index is -3.95. The number of aromatic hydroxyl groups is 1. The van der Waals surface area contributed by atoms with Crippen LogP contribution in [0, 0.1) is 5.82 Å². The number of pyridine rings is 1. The average molecular weight is 402 g/mol. The van der Waals surface area contributed by atoms with E-state index in [0.29, 0.717) is 17.2 Å². The highest BCUT2D eigenvalue weighted by Crippen LogP contribution is 2.37. The molecule has 2 aromatic carbocycles. The maximum Gasteiger partial charge on any atom is 0.482 e. The molecule has 0 atom stereocenters. The summed E-state index contributed by atoms with van der Waals surface area (Å²) < 4.78 is 45.1. The van der Waals surface area contributed by atoms with Crippen LogP contribution in [0.5, 0.6) is 11.5 Å². The van der Waals surface area contributed by atoms with Crippen molar-refractivity contribution in [2.45, 2.75) is 6.11 Å². The number of hydrogen-bond acceptors (Lipinski definition) is 6. The Hall–Kier alpha value is -3.95. The number of anilines is 5. The van der Waals surface area contributed by atoms with Crippen molar-refractivity contribution < 1.29 is 27.8 Å². The summed E-state index contributed by atoms with van der Waals surface area (Å²) in [5.74, 6) is -2.10. The van der Waals surface area contributed by atoms with Crippen molar-refractivity contribution >= 4 is 34.5 Å². The van der Waals surface area contributed by atoms with E-state index in [1.807, 2.05) is 5.32 Å². The van der Waals surface area contributed by atoms with E-state index in [1.165, 1.54) is 36.4 Å². The van der Waals surface area contributed by atoms with Gasteiger partial charge in [-0.2, -0.15) is 8.78 Å². The third kappa shape index (κ3) is 3.86. The molecular weight excluding hydrogens is 389 g/mol. The largest absolute Gasteiger partial charge is 0.508 e. The zero-order valence-corrected chi connectivity index (χ0v) is 14.5. The molecule has 29 heavy (non-hydrogen) atoms. The lowest BCUT2D eigenvalue weighted by atomic mass is 10.2. The standard InChI is InChI=1S/C19H13F3N4O3/c20-13-9-23-17(25-10-2-1-3-12(27)6-10)8-14(13)24-11-4-5-16-15(7-11)26-18(28)19(21,22)29-16/h1-9,27H,(H,26,28)(H2,23,24,25). The van der Waals surface area contributed by atoms with Crippen LogP contribution in [0.2, 0.25) is 0 Å². The Bertz CT molecular complexity index is 1110. The fourth-order valence-corrected chi connectivity index (χ4v) is 2.66. The number of phenols is 1. The van der Waals surface area contributed by atoms with Gasteiger partial charge in [-0.3, -0.25) is 4.79 Å². The van der Waals surface area contributed by atoms with Crippen LogP contribution in [0.3, 0.4) is 0 Å². The molecule has 7 nitrogen and oxygen atoms in total. The smallest absolute Gasteiger partial charge is 0.482 e. The fraction of sp³-hybridized carbons (Fsp3) is 0.0526. The molecule has 4 rings (SSSR count). The Balaban J connectivity index is 1.57. The van der Waals surface area contributed by atoms with Crippen LogP contribution in [0.25, 0.3) is 0 Å². The van der Waals surface area contributed by atoms with Crippen LogP contribution in [0.4, 0.5) is 41.7 Å². The molecule has 0 unspecified atom stereocenters. The van der Waals surface area contributed by atoms with Gasteiger partial charge in [0, 0.05) is 23.5 Å². The monoisotopic (exact) mass is 402 g/mol. The number of aromatic nitrogens is 1. The second-order valence-corrected chi connectivity index (χ2v) is 6.13. The van der Waals surface area contributed by atoms with Gasteiger partial charge in [-0.1, -0.05) is 6.07 Å². The highest BCUT2D eigenvalue weighted by Gasteiger charge is 2.46. The molecule has 0 bridgehead atoms.